The van der Waals surface area contributed by atoms with Gasteiger partial charge in [0.15, 0.2) is 0 Å². The van der Waals surface area contributed by atoms with Crippen molar-refractivity contribution in [3.8, 4) is 0 Å². The Morgan fingerprint density at radius 1 is 1.59 bits per heavy atom. The highest BCUT2D eigenvalue weighted by Crippen LogP contribution is 2.15. The first kappa shape index (κ1) is 14.3. The summed E-state index contributed by atoms with van der Waals surface area (Å²) in [7, 11) is -0.775. The molecule has 2 atom stereocenters. The normalized spacial score (nSPS) is 14.5. The van der Waals surface area contributed by atoms with Gasteiger partial charge in [0.2, 0.25) is 0 Å². The van der Waals surface area contributed by atoms with Crippen LogP contribution < -0.4 is 5.32 Å². The molecule has 1 aromatic heterocycles. The second-order valence-corrected chi connectivity index (χ2v) is 6.82. The van der Waals surface area contributed by atoms with Crippen molar-refractivity contribution >= 4 is 28.1 Å². The molecule has 0 aliphatic rings. The molecule has 1 aromatic rings. The zero-order chi connectivity index (χ0) is 12.8. The topological polar surface area (TPSA) is 66.4 Å². The smallest absolute Gasteiger partial charge is 0.345 e. The summed E-state index contributed by atoms with van der Waals surface area (Å²) in [6.45, 7) is 3.42. The number of aromatic carboxylic acids is 1. The van der Waals surface area contributed by atoms with Gasteiger partial charge in [0, 0.05) is 33.7 Å². The van der Waals surface area contributed by atoms with E-state index in [4.69, 9.17) is 5.11 Å². The van der Waals surface area contributed by atoms with Gasteiger partial charge in [-0.15, -0.1) is 11.3 Å². The highest BCUT2D eigenvalue weighted by Gasteiger charge is 2.07. The van der Waals surface area contributed by atoms with E-state index in [-0.39, 0.29) is 5.25 Å². The Balaban J connectivity index is 2.26. The van der Waals surface area contributed by atoms with Gasteiger partial charge in [0.25, 0.3) is 0 Å². The minimum atomic E-state index is -0.878. The summed E-state index contributed by atoms with van der Waals surface area (Å²) in [5.41, 5.74) is 0. The zero-order valence-corrected chi connectivity index (χ0v) is 11.6. The Morgan fingerprint density at radius 2 is 2.29 bits per heavy atom. The Morgan fingerprint density at radius 3 is 2.82 bits per heavy atom. The number of hydrogen-bond acceptors (Lipinski definition) is 4. The lowest BCUT2D eigenvalue weighted by molar-refractivity contribution is 0.0702. The number of carboxylic acids is 1. The molecular formula is C11H17NO3S2. The Bertz CT molecular complexity index is 403. The molecule has 96 valence electrons. The molecule has 0 fully saturated rings. The summed E-state index contributed by atoms with van der Waals surface area (Å²) >= 11 is 1.28. The minimum absolute atomic E-state index is 0.195. The maximum absolute atomic E-state index is 11.1. The van der Waals surface area contributed by atoms with Crippen LogP contribution in [0.15, 0.2) is 12.1 Å². The molecule has 17 heavy (non-hydrogen) atoms. The van der Waals surface area contributed by atoms with Crippen LogP contribution in [0.3, 0.4) is 0 Å². The number of carboxylic acid groups (broad SMARTS) is 1. The zero-order valence-electron chi connectivity index (χ0n) is 9.93. The molecule has 4 nitrogen and oxygen atoms in total. The fourth-order valence-corrected chi connectivity index (χ4v) is 2.54. The van der Waals surface area contributed by atoms with Crippen molar-refractivity contribution < 1.29 is 14.1 Å². The molecule has 0 radical (unpaired) electrons. The third-order valence-corrected chi connectivity index (χ3v) is 4.91. The molecule has 0 aromatic carbocycles. The first-order valence-corrected chi connectivity index (χ1v) is 7.79. The van der Waals surface area contributed by atoms with E-state index in [1.54, 1.807) is 12.3 Å². The number of nitrogens with one attached hydrogen (secondary N) is 1. The summed E-state index contributed by atoms with van der Waals surface area (Å²) in [5, 5.41) is 12.2. The molecule has 0 aliphatic heterocycles. The maximum Gasteiger partial charge on any atom is 0.345 e. The van der Waals surface area contributed by atoms with Crippen molar-refractivity contribution in [3.63, 3.8) is 0 Å². The molecule has 2 unspecified atom stereocenters. The van der Waals surface area contributed by atoms with Crippen LogP contribution in [0.5, 0.6) is 0 Å². The first-order valence-electron chi connectivity index (χ1n) is 5.35. The van der Waals surface area contributed by atoms with Gasteiger partial charge in [-0.1, -0.05) is 6.92 Å². The standard InChI is InChI=1S/C11H17NO3S2/c1-8(17(2)15)5-6-12-7-9-3-4-10(16-9)11(13)14/h3-4,8,12H,5-7H2,1-2H3,(H,13,14). The highest BCUT2D eigenvalue weighted by molar-refractivity contribution is 7.84. The fourth-order valence-electron chi connectivity index (χ4n) is 1.27. The van der Waals surface area contributed by atoms with E-state index in [9.17, 15) is 9.00 Å². The van der Waals surface area contributed by atoms with Crippen molar-refractivity contribution in [1.82, 2.24) is 5.32 Å². The summed E-state index contributed by atoms with van der Waals surface area (Å²) in [4.78, 5) is 12.0. The molecular weight excluding hydrogens is 258 g/mol. The van der Waals surface area contributed by atoms with Gasteiger partial charge in [-0.2, -0.15) is 0 Å². The summed E-state index contributed by atoms with van der Waals surface area (Å²) in [5.74, 6) is -0.878. The van der Waals surface area contributed by atoms with Gasteiger partial charge in [-0.3, -0.25) is 4.21 Å². The number of hydrogen-bond donors (Lipinski definition) is 2. The summed E-state index contributed by atoms with van der Waals surface area (Å²) in [6, 6.07) is 3.44. The predicted octanol–water partition coefficient (Wildman–Crippen LogP) is 1.69. The van der Waals surface area contributed by atoms with Crippen molar-refractivity contribution in [2.24, 2.45) is 0 Å². The fraction of sp³-hybridized carbons (Fsp3) is 0.545. The molecule has 6 heteroatoms. The molecule has 0 saturated heterocycles. The summed E-state index contributed by atoms with van der Waals surface area (Å²) < 4.78 is 11.1. The lowest BCUT2D eigenvalue weighted by atomic mass is 10.3. The van der Waals surface area contributed by atoms with Crippen LogP contribution in [0, 0.1) is 0 Å². The van der Waals surface area contributed by atoms with Crippen LogP contribution in [0.1, 0.15) is 27.9 Å². The van der Waals surface area contributed by atoms with Crippen molar-refractivity contribution in [2.75, 3.05) is 12.8 Å². The Labute approximate surface area is 108 Å². The van der Waals surface area contributed by atoms with Crippen LogP contribution in [-0.4, -0.2) is 33.3 Å². The predicted molar refractivity (Wildman–Crippen MR) is 71.1 cm³/mol. The third kappa shape index (κ3) is 4.97. The van der Waals surface area contributed by atoms with E-state index in [0.717, 1.165) is 17.8 Å². The van der Waals surface area contributed by atoms with E-state index in [0.29, 0.717) is 11.4 Å². The average molecular weight is 275 g/mol. The molecule has 2 N–H and O–H groups in total. The van der Waals surface area contributed by atoms with Crippen molar-refractivity contribution in [3.05, 3.63) is 21.9 Å². The molecule has 1 rings (SSSR count). The van der Waals surface area contributed by atoms with Gasteiger partial charge in [0.05, 0.1) is 0 Å². The second-order valence-electron chi connectivity index (χ2n) is 3.85. The van der Waals surface area contributed by atoms with Gasteiger partial charge in [-0.05, 0) is 25.1 Å². The van der Waals surface area contributed by atoms with Gasteiger partial charge < -0.3 is 10.4 Å². The summed E-state index contributed by atoms with van der Waals surface area (Å²) in [6.07, 6.45) is 2.57. The van der Waals surface area contributed by atoms with Gasteiger partial charge >= 0.3 is 5.97 Å². The minimum Gasteiger partial charge on any atom is -0.477 e. The molecule has 0 saturated carbocycles. The van der Waals surface area contributed by atoms with E-state index < -0.39 is 16.8 Å². The number of thiophene rings is 1. The van der Waals surface area contributed by atoms with Crippen LogP contribution in [-0.2, 0) is 17.3 Å². The van der Waals surface area contributed by atoms with Crippen LogP contribution in [0.4, 0.5) is 0 Å². The number of rotatable bonds is 7. The Hall–Kier alpha value is -0.720. The lowest BCUT2D eigenvalue weighted by Gasteiger charge is -2.08. The van der Waals surface area contributed by atoms with Crippen LogP contribution in [0.25, 0.3) is 0 Å². The average Bonchev–Trinajstić information content (AvgIpc) is 2.72. The lowest BCUT2D eigenvalue weighted by Crippen LogP contribution is -2.20. The monoisotopic (exact) mass is 275 g/mol. The Kier molecular flexibility index (Phi) is 5.80. The van der Waals surface area contributed by atoms with E-state index in [2.05, 4.69) is 5.32 Å². The molecule has 0 aliphatic carbocycles. The second kappa shape index (κ2) is 6.88. The molecule has 0 amide bonds. The first-order chi connectivity index (χ1) is 8.00. The highest BCUT2D eigenvalue weighted by atomic mass is 32.2. The van der Waals surface area contributed by atoms with E-state index in [1.807, 2.05) is 13.0 Å². The maximum atomic E-state index is 11.1. The van der Waals surface area contributed by atoms with Gasteiger partial charge in [-0.25, -0.2) is 4.79 Å². The SMILES string of the molecule is CC(CCNCc1ccc(C(=O)O)s1)S(C)=O. The van der Waals surface area contributed by atoms with Gasteiger partial charge in [0.1, 0.15) is 4.88 Å². The van der Waals surface area contributed by atoms with Crippen LogP contribution in [0.2, 0.25) is 0 Å². The largest absolute Gasteiger partial charge is 0.477 e. The van der Waals surface area contributed by atoms with Crippen LogP contribution >= 0.6 is 11.3 Å². The van der Waals surface area contributed by atoms with Crippen molar-refractivity contribution in [1.29, 1.82) is 0 Å². The quantitative estimate of drug-likeness (QED) is 0.743. The van der Waals surface area contributed by atoms with E-state index >= 15 is 0 Å². The number of carbonyl (C=O) groups is 1. The van der Waals surface area contributed by atoms with E-state index in [1.165, 1.54) is 11.3 Å². The molecule has 0 bridgehead atoms. The molecule has 0 spiro atoms. The van der Waals surface area contributed by atoms with Crippen molar-refractivity contribution in [2.45, 2.75) is 25.1 Å². The third-order valence-electron chi connectivity index (χ3n) is 2.47. The molecule has 1 heterocycles.